The number of nitro benzene ring substituents is 1. The van der Waals surface area contributed by atoms with Crippen LogP contribution in [0.4, 0.5) is 17.1 Å². The lowest BCUT2D eigenvalue weighted by molar-refractivity contribution is -0.383. The third-order valence-electron chi connectivity index (χ3n) is 1.84. The van der Waals surface area contributed by atoms with Crippen molar-refractivity contribution >= 4 is 17.1 Å². The molecule has 0 radical (unpaired) electrons. The van der Waals surface area contributed by atoms with Crippen LogP contribution in [0.25, 0.3) is 0 Å². The van der Waals surface area contributed by atoms with Gasteiger partial charge in [0.2, 0.25) is 0 Å². The number of nitrogens with two attached hydrogens (primary N) is 2. The molecule has 1 aromatic carbocycles. The van der Waals surface area contributed by atoms with Crippen LogP contribution >= 0.6 is 0 Å². The van der Waals surface area contributed by atoms with Crippen molar-refractivity contribution < 1.29 is 10.0 Å². The zero-order valence-corrected chi connectivity index (χ0v) is 7.43. The molecule has 0 amide bonds. The largest absolute Gasteiger partial charge is 0.399 e. The summed E-state index contributed by atoms with van der Waals surface area (Å²) in [5.74, 6) is 0. The van der Waals surface area contributed by atoms with Gasteiger partial charge in [0.15, 0.2) is 0 Å². The molecule has 6 heteroatoms. The standard InChI is InChI=1S/C8H11N3O3/c9-6-3-5(1-2-12)8(10)7(4-6)11(13)14/h3-4,12H,1-2,9-10H2. The number of hydrogen-bond donors (Lipinski definition) is 3. The lowest BCUT2D eigenvalue weighted by atomic mass is 10.1. The van der Waals surface area contributed by atoms with Crippen molar-refractivity contribution in [2.24, 2.45) is 0 Å². The predicted octanol–water partition coefficient (Wildman–Crippen LogP) is 0.294. The normalized spacial score (nSPS) is 10.1. The van der Waals surface area contributed by atoms with E-state index in [2.05, 4.69) is 0 Å². The second-order valence-corrected chi connectivity index (χ2v) is 2.84. The maximum Gasteiger partial charge on any atom is 0.294 e. The van der Waals surface area contributed by atoms with Crippen LogP contribution in [0.3, 0.4) is 0 Å². The zero-order chi connectivity index (χ0) is 10.7. The maximum atomic E-state index is 10.5. The van der Waals surface area contributed by atoms with Crippen molar-refractivity contribution in [1.29, 1.82) is 0 Å². The van der Waals surface area contributed by atoms with Gasteiger partial charge in [0.05, 0.1) is 4.92 Å². The predicted molar refractivity (Wildman–Crippen MR) is 52.7 cm³/mol. The number of nitro groups is 1. The summed E-state index contributed by atoms with van der Waals surface area (Å²) >= 11 is 0. The Labute approximate surface area is 80.3 Å². The van der Waals surface area contributed by atoms with Gasteiger partial charge in [0, 0.05) is 18.4 Å². The highest BCUT2D eigenvalue weighted by molar-refractivity contribution is 5.69. The van der Waals surface area contributed by atoms with E-state index in [0.29, 0.717) is 5.56 Å². The number of nitrogens with zero attached hydrogens (tertiary/aromatic N) is 1. The fourth-order valence-electron chi connectivity index (χ4n) is 1.20. The third kappa shape index (κ3) is 1.91. The summed E-state index contributed by atoms with van der Waals surface area (Å²) in [4.78, 5) is 9.95. The van der Waals surface area contributed by atoms with Crippen LogP contribution in [-0.2, 0) is 6.42 Å². The van der Waals surface area contributed by atoms with Crippen LogP contribution in [0.5, 0.6) is 0 Å². The van der Waals surface area contributed by atoms with Crippen LogP contribution in [0.1, 0.15) is 5.56 Å². The molecule has 0 aliphatic carbocycles. The highest BCUT2D eigenvalue weighted by Crippen LogP contribution is 2.28. The second-order valence-electron chi connectivity index (χ2n) is 2.84. The van der Waals surface area contributed by atoms with E-state index in [9.17, 15) is 10.1 Å². The molecule has 1 aromatic rings. The van der Waals surface area contributed by atoms with Gasteiger partial charge >= 0.3 is 0 Å². The molecule has 1 rings (SSSR count). The van der Waals surface area contributed by atoms with Crippen molar-refractivity contribution in [3.05, 3.63) is 27.8 Å². The number of hydrogen-bond acceptors (Lipinski definition) is 5. The number of aliphatic hydroxyl groups is 1. The Hall–Kier alpha value is -1.82. The Morgan fingerprint density at radius 3 is 2.57 bits per heavy atom. The fraction of sp³-hybridized carbons (Fsp3) is 0.250. The van der Waals surface area contributed by atoms with E-state index >= 15 is 0 Å². The average Bonchev–Trinajstić information content (AvgIpc) is 2.10. The van der Waals surface area contributed by atoms with Crippen molar-refractivity contribution in [3.63, 3.8) is 0 Å². The van der Waals surface area contributed by atoms with Crippen molar-refractivity contribution in [1.82, 2.24) is 0 Å². The van der Waals surface area contributed by atoms with Gasteiger partial charge in [-0.15, -0.1) is 0 Å². The van der Waals surface area contributed by atoms with Gasteiger partial charge in [-0.3, -0.25) is 10.1 Å². The van der Waals surface area contributed by atoms with E-state index < -0.39 is 4.92 Å². The van der Waals surface area contributed by atoms with E-state index in [1.54, 1.807) is 0 Å². The van der Waals surface area contributed by atoms with Crippen LogP contribution < -0.4 is 11.5 Å². The molecule has 0 saturated heterocycles. The molecule has 0 heterocycles. The Bertz CT molecular complexity index is 365. The van der Waals surface area contributed by atoms with Gasteiger partial charge in [-0.2, -0.15) is 0 Å². The molecule has 0 fully saturated rings. The number of anilines is 2. The molecule has 0 aliphatic heterocycles. The number of aliphatic hydroxyl groups excluding tert-OH is 1. The molecular formula is C8H11N3O3. The van der Waals surface area contributed by atoms with Crippen LogP contribution in [0, 0.1) is 10.1 Å². The molecule has 0 bridgehead atoms. The molecule has 0 unspecified atom stereocenters. The summed E-state index contributed by atoms with van der Waals surface area (Å²) in [6.07, 6.45) is 0.262. The fourth-order valence-corrected chi connectivity index (χ4v) is 1.20. The second kappa shape index (κ2) is 3.93. The zero-order valence-electron chi connectivity index (χ0n) is 7.43. The highest BCUT2D eigenvalue weighted by atomic mass is 16.6. The first-order valence-corrected chi connectivity index (χ1v) is 3.99. The summed E-state index contributed by atoms with van der Waals surface area (Å²) in [5, 5.41) is 19.2. The van der Waals surface area contributed by atoms with Crippen molar-refractivity contribution in [3.8, 4) is 0 Å². The van der Waals surface area contributed by atoms with Gasteiger partial charge in [0.1, 0.15) is 5.69 Å². The highest BCUT2D eigenvalue weighted by Gasteiger charge is 2.15. The Morgan fingerprint density at radius 2 is 2.07 bits per heavy atom. The van der Waals surface area contributed by atoms with Crippen LogP contribution in [0.15, 0.2) is 12.1 Å². The number of rotatable bonds is 3. The monoisotopic (exact) mass is 197 g/mol. The van der Waals surface area contributed by atoms with E-state index in [-0.39, 0.29) is 30.1 Å². The maximum absolute atomic E-state index is 10.5. The molecule has 5 N–H and O–H groups in total. The summed E-state index contributed by atoms with van der Waals surface area (Å²) in [6.45, 7) is -0.120. The Morgan fingerprint density at radius 1 is 1.43 bits per heavy atom. The van der Waals surface area contributed by atoms with E-state index in [4.69, 9.17) is 16.6 Å². The molecule has 0 aromatic heterocycles. The van der Waals surface area contributed by atoms with E-state index in [0.717, 1.165) is 0 Å². The van der Waals surface area contributed by atoms with Gasteiger partial charge in [-0.1, -0.05) is 0 Å². The molecule has 0 saturated carbocycles. The number of nitrogen functional groups attached to an aromatic ring is 2. The minimum Gasteiger partial charge on any atom is -0.399 e. The van der Waals surface area contributed by atoms with Crippen molar-refractivity contribution in [2.75, 3.05) is 18.1 Å². The van der Waals surface area contributed by atoms with Crippen LogP contribution in [0.2, 0.25) is 0 Å². The SMILES string of the molecule is Nc1cc(CCO)c(N)c([N+](=O)[O-])c1. The summed E-state index contributed by atoms with van der Waals surface area (Å²) in [7, 11) is 0. The van der Waals surface area contributed by atoms with E-state index in [1.165, 1.54) is 12.1 Å². The summed E-state index contributed by atoms with van der Waals surface area (Å²) < 4.78 is 0. The topological polar surface area (TPSA) is 115 Å². The molecular weight excluding hydrogens is 186 g/mol. The lowest BCUT2D eigenvalue weighted by Gasteiger charge is -2.05. The lowest BCUT2D eigenvalue weighted by Crippen LogP contribution is -2.03. The van der Waals surface area contributed by atoms with Gasteiger partial charge in [-0.25, -0.2) is 0 Å². The minimum atomic E-state index is -0.591. The molecule has 6 nitrogen and oxygen atoms in total. The summed E-state index contributed by atoms with van der Waals surface area (Å²) in [5.41, 5.74) is 11.6. The smallest absolute Gasteiger partial charge is 0.294 e. The van der Waals surface area contributed by atoms with Crippen LogP contribution in [-0.4, -0.2) is 16.6 Å². The van der Waals surface area contributed by atoms with Gasteiger partial charge in [0.25, 0.3) is 5.69 Å². The van der Waals surface area contributed by atoms with Crippen molar-refractivity contribution in [2.45, 2.75) is 6.42 Å². The quantitative estimate of drug-likeness (QED) is 0.366. The first-order chi connectivity index (χ1) is 6.56. The first-order valence-electron chi connectivity index (χ1n) is 3.99. The summed E-state index contributed by atoms with van der Waals surface area (Å²) in [6, 6.07) is 2.73. The first kappa shape index (κ1) is 10.3. The van der Waals surface area contributed by atoms with Gasteiger partial charge in [-0.05, 0) is 18.1 Å². The molecule has 0 spiro atoms. The molecule has 0 aliphatic rings. The van der Waals surface area contributed by atoms with Gasteiger partial charge < -0.3 is 16.6 Å². The van der Waals surface area contributed by atoms with E-state index in [1.807, 2.05) is 0 Å². The molecule has 76 valence electrons. The minimum absolute atomic E-state index is 0.0678. The Kier molecular flexibility index (Phi) is 2.88. The molecule has 14 heavy (non-hydrogen) atoms. The average molecular weight is 197 g/mol. The Balaban J connectivity index is 3.24. The molecule has 0 atom stereocenters. The number of benzene rings is 1. The third-order valence-corrected chi connectivity index (χ3v) is 1.84.